The smallest absolute Gasteiger partial charge is 0.326 e. The summed E-state index contributed by atoms with van der Waals surface area (Å²) in [5, 5.41) is 3.20. The molecule has 4 nitrogen and oxygen atoms in total. The van der Waals surface area contributed by atoms with E-state index < -0.39 is 5.54 Å². The fourth-order valence-electron chi connectivity index (χ4n) is 2.24. The number of para-hydroxylation sites is 1. The van der Waals surface area contributed by atoms with E-state index in [-0.39, 0.29) is 5.97 Å². The summed E-state index contributed by atoms with van der Waals surface area (Å²) in [6.07, 6.45) is 1.50. The largest absolute Gasteiger partial charge is 0.493 e. The number of rotatable bonds is 9. The number of carbonyl (C=O) groups is 1. The molecule has 4 heteroatoms. The van der Waals surface area contributed by atoms with Gasteiger partial charge in [-0.25, -0.2) is 0 Å². The van der Waals surface area contributed by atoms with Crippen molar-refractivity contribution in [3.63, 3.8) is 0 Å². The van der Waals surface area contributed by atoms with Crippen LogP contribution in [-0.4, -0.2) is 31.3 Å². The molecule has 1 aromatic carbocycles. The maximum absolute atomic E-state index is 12.1. The lowest BCUT2D eigenvalue weighted by Crippen LogP contribution is -2.51. The first-order valence-electron chi connectivity index (χ1n) is 7.70. The molecule has 0 amide bonds. The van der Waals surface area contributed by atoms with E-state index in [0.29, 0.717) is 26.2 Å². The Morgan fingerprint density at radius 1 is 1.24 bits per heavy atom. The zero-order chi connectivity index (χ0) is 15.7. The second-order valence-corrected chi connectivity index (χ2v) is 5.14. The summed E-state index contributed by atoms with van der Waals surface area (Å²) in [5.41, 5.74) is 0.477. The number of nitrogens with one attached hydrogen (secondary N) is 1. The Hall–Kier alpha value is -1.55. The van der Waals surface area contributed by atoms with Gasteiger partial charge in [-0.3, -0.25) is 4.79 Å². The molecule has 118 valence electrons. The number of hydrogen-bond donors (Lipinski definition) is 1. The van der Waals surface area contributed by atoms with Crippen molar-refractivity contribution < 1.29 is 14.3 Å². The SMILES string of the molecule is CCNC(C)(CCOc1ccccc1CC)C(=O)OCC. The Bertz CT molecular complexity index is 447. The highest BCUT2D eigenvalue weighted by molar-refractivity contribution is 5.80. The number of hydrogen-bond acceptors (Lipinski definition) is 4. The van der Waals surface area contributed by atoms with Gasteiger partial charge in [0.1, 0.15) is 11.3 Å². The summed E-state index contributed by atoms with van der Waals surface area (Å²) < 4.78 is 11.0. The van der Waals surface area contributed by atoms with Crippen LogP contribution in [0.25, 0.3) is 0 Å². The fraction of sp³-hybridized carbons (Fsp3) is 0.588. The third kappa shape index (κ3) is 5.05. The minimum atomic E-state index is -0.702. The molecule has 0 saturated heterocycles. The summed E-state index contributed by atoms with van der Waals surface area (Å²) in [7, 11) is 0. The zero-order valence-electron chi connectivity index (χ0n) is 13.6. The molecule has 0 bridgehead atoms. The molecule has 0 aliphatic heterocycles. The topological polar surface area (TPSA) is 47.6 Å². The van der Waals surface area contributed by atoms with Crippen LogP contribution in [0.15, 0.2) is 24.3 Å². The molecule has 0 aromatic heterocycles. The number of ether oxygens (including phenoxy) is 2. The predicted octanol–water partition coefficient (Wildman–Crippen LogP) is 2.95. The second kappa shape index (κ2) is 8.67. The summed E-state index contributed by atoms with van der Waals surface area (Å²) >= 11 is 0. The molecule has 0 aliphatic carbocycles. The Balaban J connectivity index is 2.63. The Morgan fingerprint density at radius 3 is 2.57 bits per heavy atom. The molecule has 0 aliphatic rings. The van der Waals surface area contributed by atoms with E-state index in [1.165, 1.54) is 5.56 Å². The average Bonchev–Trinajstić information content (AvgIpc) is 2.48. The number of carbonyl (C=O) groups excluding carboxylic acids is 1. The fourth-order valence-corrected chi connectivity index (χ4v) is 2.24. The maximum Gasteiger partial charge on any atom is 0.326 e. The number of aryl methyl sites for hydroxylation is 1. The van der Waals surface area contributed by atoms with Crippen molar-refractivity contribution in [2.24, 2.45) is 0 Å². The second-order valence-electron chi connectivity index (χ2n) is 5.14. The Morgan fingerprint density at radius 2 is 1.95 bits per heavy atom. The van der Waals surface area contributed by atoms with Crippen molar-refractivity contribution in [1.82, 2.24) is 5.32 Å². The van der Waals surface area contributed by atoms with E-state index >= 15 is 0 Å². The number of esters is 1. The van der Waals surface area contributed by atoms with Gasteiger partial charge in [0.2, 0.25) is 0 Å². The van der Waals surface area contributed by atoms with Crippen molar-refractivity contribution in [2.75, 3.05) is 19.8 Å². The van der Waals surface area contributed by atoms with Gasteiger partial charge in [-0.2, -0.15) is 0 Å². The van der Waals surface area contributed by atoms with Gasteiger partial charge in [-0.1, -0.05) is 32.0 Å². The molecule has 1 N–H and O–H groups in total. The van der Waals surface area contributed by atoms with Crippen LogP contribution < -0.4 is 10.1 Å². The van der Waals surface area contributed by atoms with Gasteiger partial charge in [0.05, 0.1) is 13.2 Å². The first-order chi connectivity index (χ1) is 10.1. The van der Waals surface area contributed by atoms with Crippen LogP contribution in [0, 0.1) is 0 Å². The first kappa shape index (κ1) is 17.5. The van der Waals surface area contributed by atoms with Crippen LogP contribution in [-0.2, 0) is 16.0 Å². The monoisotopic (exact) mass is 293 g/mol. The van der Waals surface area contributed by atoms with Gasteiger partial charge in [0.25, 0.3) is 0 Å². The maximum atomic E-state index is 12.1. The molecular weight excluding hydrogens is 266 g/mol. The van der Waals surface area contributed by atoms with E-state index in [1.807, 2.05) is 39.0 Å². The summed E-state index contributed by atoms with van der Waals surface area (Å²) in [6.45, 7) is 9.33. The van der Waals surface area contributed by atoms with Gasteiger partial charge in [0.15, 0.2) is 0 Å². The highest BCUT2D eigenvalue weighted by atomic mass is 16.5. The minimum absolute atomic E-state index is 0.223. The highest BCUT2D eigenvalue weighted by Gasteiger charge is 2.33. The molecule has 21 heavy (non-hydrogen) atoms. The zero-order valence-corrected chi connectivity index (χ0v) is 13.6. The summed E-state index contributed by atoms with van der Waals surface area (Å²) in [4.78, 5) is 12.1. The van der Waals surface area contributed by atoms with Gasteiger partial charge >= 0.3 is 5.97 Å². The van der Waals surface area contributed by atoms with E-state index in [1.54, 1.807) is 0 Å². The summed E-state index contributed by atoms with van der Waals surface area (Å²) in [5.74, 6) is 0.668. The van der Waals surface area contributed by atoms with E-state index in [4.69, 9.17) is 9.47 Å². The molecule has 0 saturated carbocycles. The summed E-state index contributed by atoms with van der Waals surface area (Å²) in [6, 6.07) is 7.99. The van der Waals surface area contributed by atoms with Crippen LogP contribution in [0.1, 0.15) is 39.7 Å². The van der Waals surface area contributed by atoms with Gasteiger partial charge in [-0.05, 0) is 38.4 Å². The number of benzene rings is 1. The molecule has 0 fully saturated rings. The standard InChI is InChI=1S/C17H27NO3/c1-5-14-10-8-9-11-15(14)21-13-12-17(4,18-6-2)16(19)20-7-3/h8-11,18H,5-7,12-13H2,1-4H3. The van der Waals surface area contributed by atoms with Crippen molar-refractivity contribution in [1.29, 1.82) is 0 Å². The third-order valence-corrected chi connectivity index (χ3v) is 3.51. The lowest BCUT2D eigenvalue weighted by Gasteiger charge is -2.28. The van der Waals surface area contributed by atoms with Crippen LogP contribution in [0.2, 0.25) is 0 Å². The van der Waals surface area contributed by atoms with Crippen LogP contribution in [0.3, 0.4) is 0 Å². The van der Waals surface area contributed by atoms with Gasteiger partial charge in [-0.15, -0.1) is 0 Å². The first-order valence-corrected chi connectivity index (χ1v) is 7.70. The Labute approximate surface area is 127 Å². The predicted molar refractivity (Wildman–Crippen MR) is 84.6 cm³/mol. The average molecular weight is 293 g/mol. The van der Waals surface area contributed by atoms with Crippen LogP contribution in [0.5, 0.6) is 5.75 Å². The van der Waals surface area contributed by atoms with Crippen LogP contribution in [0.4, 0.5) is 0 Å². The lowest BCUT2D eigenvalue weighted by molar-refractivity contribution is -0.151. The van der Waals surface area contributed by atoms with E-state index in [9.17, 15) is 4.79 Å². The quantitative estimate of drug-likeness (QED) is 0.711. The number of likely N-dealkylation sites (N-methyl/N-ethyl adjacent to an activating group) is 1. The lowest BCUT2D eigenvalue weighted by atomic mass is 9.98. The van der Waals surface area contributed by atoms with Gasteiger partial charge in [0, 0.05) is 6.42 Å². The minimum Gasteiger partial charge on any atom is -0.493 e. The normalized spacial score (nSPS) is 13.5. The third-order valence-electron chi connectivity index (χ3n) is 3.51. The van der Waals surface area contributed by atoms with Crippen molar-refractivity contribution in [2.45, 2.75) is 46.1 Å². The molecule has 0 radical (unpaired) electrons. The van der Waals surface area contributed by atoms with Crippen LogP contribution >= 0.6 is 0 Å². The molecule has 0 spiro atoms. The molecule has 1 atom stereocenters. The molecule has 1 aromatic rings. The van der Waals surface area contributed by atoms with E-state index in [2.05, 4.69) is 18.3 Å². The molecule has 0 heterocycles. The van der Waals surface area contributed by atoms with Crippen molar-refractivity contribution in [3.05, 3.63) is 29.8 Å². The van der Waals surface area contributed by atoms with E-state index in [0.717, 1.165) is 12.2 Å². The molecule has 1 unspecified atom stereocenters. The van der Waals surface area contributed by atoms with Crippen molar-refractivity contribution >= 4 is 5.97 Å². The Kier molecular flexibility index (Phi) is 7.23. The van der Waals surface area contributed by atoms with Gasteiger partial charge < -0.3 is 14.8 Å². The molecule has 1 rings (SSSR count). The highest BCUT2D eigenvalue weighted by Crippen LogP contribution is 2.20. The molecular formula is C17H27NO3. The van der Waals surface area contributed by atoms with Crippen molar-refractivity contribution in [3.8, 4) is 5.75 Å².